The third-order valence-corrected chi connectivity index (χ3v) is 2.99. The lowest BCUT2D eigenvalue weighted by Crippen LogP contribution is -2.18. The number of amides is 1. The van der Waals surface area contributed by atoms with Gasteiger partial charge in [0.25, 0.3) is 0 Å². The summed E-state index contributed by atoms with van der Waals surface area (Å²) in [6.45, 7) is 5.76. The van der Waals surface area contributed by atoms with E-state index in [0.717, 1.165) is 18.7 Å². The van der Waals surface area contributed by atoms with Crippen LogP contribution in [0.4, 0.5) is 0 Å². The van der Waals surface area contributed by atoms with Crippen molar-refractivity contribution in [3.05, 3.63) is 29.8 Å². The monoisotopic (exact) mass is 264 g/mol. The highest BCUT2D eigenvalue weighted by Gasteiger charge is 2.03. The Kier molecular flexibility index (Phi) is 6.97. The number of rotatable bonds is 8. The molecular formula is C15H24N2O2. The molecule has 0 saturated carbocycles. The van der Waals surface area contributed by atoms with Crippen molar-refractivity contribution >= 4 is 5.91 Å². The van der Waals surface area contributed by atoms with Crippen LogP contribution in [0, 0.1) is 0 Å². The number of hydrogen-bond acceptors (Lipinski definition) is 3. The molecule has 0 fully saturated rings. The van der Waals surface area contributed by atoms with Gasteiger partial charge in [0.2, 0.25) is 5.91 Å². The van der Waals surface area contributed by atoms with Crippen LogP contribution in [0.2, 0.25) is 0 Å². The molecule has 0 saturated heterocycles. The standard InChI is InChI=1S/C15H24N2O2/c1-4-17-12(2)13-7-9-14(10-8-13)19-11-5-6-15(18)16-3/h7-10,12,17H,4-6,11H2,1-3H3,(H,16,18). The molecule has 1 aromatic carbocycles. The average Bonchev–Trinajstić information content (AvgIpc) is 2.44. The molecule has 0 heterocycles. The van der Waals surface area contributed by atoms with Gasteiger partial charge in [0, 0.05) is 19.5 Å². The predicted molar refractivity (Wildman–Crippen MR) is 77.3 cm³/mol. The fraction of sp³-hybridized carbons (Fsp3) is 0.533. The Morgan fingerprint density at radius 1 is 1.32 bits per heavy atom. The molecule has 0 aliphatic heterocycles. The number of carbonyl (C=O) groups is 1. The smallest absolute Gasteiger partial charge is 0.219 e. The van der Waals surface area contributed by atoms with Crippen LogP contribution in [0.5, 0.6) is 5.75 Å². The third-order valence-electron chi connectivity index (χ3n) is 2.99. The van der Waals surface area contributed by atoms with E-state index in [2.05, 4.69) is 36.6 Å². The van der Waals surface area contributed by atoms with Gasteiger partial charge in [-0.3, -0.25) is 4.79 Å². The molecule has 4 heteroatoms. The summed E-state index contributed by atoms with van der Waals surface area (Å²) in [7, 11) is 1.65. The van der Waals surface area contributed by atoms with Gasteiger partial charge in [-0.05, 0) is 37.6 Å². The molecule has 19 heavy (non-hydrogen) atoms. The van der Waals surface area contributed by atoms with Crippen molar-refractivity contribution in [2.24, 2.45) is 0 Å². The molecule has 0 aliphatic carbocycles. The van der Waals surface area contributed by atoms with Crippen molar-refractivity contribution in [3.8, 4) is 5.75 Å². The molecule has 1 atom stereocenters. The summed E-state index contributed by atoms with van der Waals surface area (Å²) in [6, 6.07) is 8.45. The zero-order valence-corrected chi connectivity index (χ0v) is 12.0. The van der Waals surface area contributed by atoms with E-state index >= 15 is 0 Å². The molecule has 1 amide bonds. The summed E-state index contributed by atoms with van der Waals surface area (Å²) < 4.78 is 5.60. The first kappa shape index (κ1) is 15.5. The van der Waals surface area contributed by atoms with Crippen molar-refractivity contribution in [2.75, 3.05) is 20.2 Å². The molecule has 0 aromatic heterocycles. The summed E-state index contributed by atoms with van der Waals surface area (Å²) in [6.07, 6.45) is 1.24. The molecule has 4 nitrogen and oxygen atoms in total. The second-order valence-electron chi connectivity index (χ2n) is 4.47. The lowest BCUT2D eigenvalue weighted by molar-refractivity contribution is -0.120. The van der Waals surface area contributed by atoms with E-state index in [1.807, 2.05) is 12.1 Å². The van der Waals surface area contributed by atoms with E-state index in [0.29, 0.717) is 19.1 Å². The highest BCUT2D eigenvalue weighted by atomic mass is 16.5. The van der Waals surface area contributed by atoms with E-state index < -0.39 is 0 Å². The van der Waals surface area contributed by atoms with Gasteiger partial charge in [-0.2, -0.15) is 0 Å². The van der Waals surface area contributed by atoms with E-state index in [4.69, 9.17) is 4.74 Å². The fourth-order valence-corrected chi connectivity index (χ4v) is 1.82. The van der Waals surface area contributed by atoms with Crippen LogP contribution in [0.1, 0.15) is 38.3 Å². The normalized spacial score (nSPS) is 11.9. The number of benzene rings is 1. The highest BCUT2D eigenvalue weighted by Crippen LogP contribution is 2.17. The summed E-state index contributed by atoms with van der Waals surface area (Å²) in [5.41, 5.74) is 1.25. The van der Waals surface area contributed by atoms with Gasteiger partial charge in [0.15, 0.2) is 0 Å². The van der Waals surface area contributed by atoms with Crippen molar-refractivity contribution in [2.45, 2.75) is 32.7 Å². The summed E-state index contributed by atoms with van der Waals surface area (Å²) in [4.78, 5) is 11.0. The van der Waals surface area contributed by atoms with Crippen molar-refractivity contribution in [1.82, 2.24) is 10.6 Å². The summed E-state index contributed by atoms with van der Waals surface area (Å²) in [5.74, 6) is 0.905. The Labute approximate surface area is 115 Å². The molecule has 106 valence electrons. The van der Waals surface area contributed by atoms with Crippen LogP contribution < -0.4 is 15.4 Å². The SMILES string of the molecule is CCNC(C)c1ccc(OCCCC(=O)NC)cc1. The van der Waals surface area contributed by atoms with Gasteiger partial charge in [0.05, 0.1) is 6.61 Å². The molecule has 0 bridgehead atoms. The largest absolute Gasteiger partial charge is 0.494 e. The highest BCUT2D eigenvalue weighted by molar-refractivity contribution is 5.75. The van der Waals surface area contributed by atoms with Gasteiger partial charge in [0.1, 0.15) is 5.75 Å². The van der Waals surface area contributed by atoms with Gasteiger partial charge >= 0.3 is 0 Å². The summed E-state index contributed by atoms with van der Waals surface area (Å²) in [5, 5.41) is 5.96. The van der Waals surface area contributed by atoms with Crippen LogP contribution >= 0.6 is 0 Å². The van der Waals surface area contributed by atoms with Gasteiger partial charge in [-0.1, -0.05) is 19.1 Å². The van der Waals surface area contributed by atoms with Crippen LogP contribution in [-0.4, -0.2) is 26.1 Å². The third kappa shape index (κ3) is 5.75. The minimum Gasteiger partial charge on any atom is -0.494 e. The fourth-order valence-electron chi connectivity index (χ4n) is 1.82. The first-order valence-electron chi connectivity index (χ1n) is 6.84. The zero-order chi connectivity index (χ0) is 14.1. The Bertz CT molecular complexity index is 376. The van der Waals surface area contributed by atoms with Crippen molar-refractivity contribution < 1.29 is 9.53 Å². The first-order valence-corrected chi connectivity index (χ1v) is 6.84. The Morgan fingerprint density at radius 3 is 2.58 bits per heavy atom. The second kappa shape index (κ2) is 8.53. The van der Waals surface area contributed by atoms with Crippen LogP contribution in [0.3, 0.4) is 0 Å². The lowest BCUT2D eigenvalue weighted by Gasteiger charge is -2.13. The molecule has 2 N–H and O–H groups in total. The van der Waals surface area contributed by atoms with Crippen molar-refractivity contribution in [3.63, 3.8) is 0 Å². The molecule has 0 radical (unpaired) electrons. The maximum absolute atomic E-state index is 11.0. The Hall–Kier alpha value is -1.55. The topological polar surface area (TPSA) is 50.4 Å². The van der Waals surface area contributed by atoms with E-state index in [1.165, 1.54) is 5.56 Å². The van der Waals surface area contributed by atoms with E-state index in [-0.39, 0.29) is 5.91 Å². The molecule has 1 rings (SSSR count). The van der Waals surface area contributed by atoms with Crippen LogP contribution in [0.25, 0.3) is 0 Å². The second-order valence-corrected chi connectivity index (χ2v) is 4.47. The van der Waals surface area contributed by atoms with Gasteiger partial charge < -0.3 is 15.4 Å². The Morgan fingerprint density at radius 2 is 2.00 bits per heavy atom. The Balaban J connectivity index is 2.34. The number of hydrogen-bond donors (Lipinski definition) is 2. The lowest BCUT2D eigenvalue weighted by atomic mass is 10.1. The number of ether oxygens (including phenoxy) is 1. The van der Waals surface area contributed by atoms with E-state index in [1.54, 1.807) is 7.05 Å². The molecule has 0 spiro atoms. The zero-order valence-electron chi connectivity index (χ0n) is 12.0. The van der Waals surface area contributed by atoms with Crippen molar-refractivity contribution in [1.29, 1.82) is 0 Å². The predicted octanol–water partition coefficient (Wildman–Crippen LogP) is 2.26. The molecule has 1 unspecified atom stereocenters. The molecular weight excluding hydrogens is 240 g/mol. The minimum atomic E-state index is 0.0541. The quantitative estimate of drug-likeness (QED) is 0.708. The van der Waals surface area contributed by atoms with E-state index in [9.17, 15) is 4.79 Å². The minimum absolute atomic E-state index is 0.0541. The maximum atomic E-state index is 11.0. The van der Waals surface area contributed by atoms with Gasteiger partial charge in [-0.25, -0.2) is 0 Å². The first-order chi connectivity index (χ1) is 9.17. The van der Waals surface area contributed by atoms with Gasteiger partial charge in [-0.15, -0.1) is 0 Å². The average molecular weight is 264 g/mol. The van der Waals surface area contributed by atoms with Crippen LogP contribution in [0.15, 0.2) is 24.3 Å². The number of carbonyl (C=O) groups excluding carboxylic acids is 1. The maximum Gasteiger partial charge on any atom is 0.219 e. The molecule has 0 aliphatic rings. The number of nitrogens with one attached hydrogen (secondary N) is 2. The molecule has 1 aromatic rings. The summed E-state index contributed by atoms with van der Waals surface area (Å²) >= 11 is 0. The van der Waals surface area contributed by atoms with Crippen LogP contribution in [-0.2, 0) is 4.79 Å².